The van der Waals surface area contributed by atoms with Gasteiger partial charge in [0.15, 0.2) is 0 Å². The van der Waals surface area contributed by atoms with E-state index < -0.39 is 18.0 Å². The highest BCUT2D eigenvalue weighted by atomic mass is 16.4. The molecule has 1 unspecified atom stereocenters. The normalized spacial score (nSPS) is 18.6. The van der Waals surface area contributed by atoms with Gasteiger partial charge in [-0.1, -0.05) is 0 Å². The number of urea groups is 1. The fourth-order valence-corrected chi connectivity index (χ4v) is 2.21. The van der Waals surface area contributed by atoms with Gasteiger partial charge in [0.1, 0.15) is 12.6 Å². The highest BCUT2D eigenvalue weighted by Crippen LogP contribution is 2.09. The largest absolute Gasteiger partial charge is 0.480 e. The van der Waals surface area contributed by atoms with Crippen LogP contribution in [0.4, 0.5) is 4.79 Å². The molecule has 0 aromatic carbocycles. The molecule has 1 rings (SSSR count). The summed E-state index contributed by atoms with van der Waals surface area (Å²) in [5, 5.41) is 11.7. The van der Waals surface area contributed by atoms with E-state index in [1.807, 2.05) is 25.9 Å². The molecule has 8 nitrogen and oxygen atoms in total. The van der Waals surface area contributed by atoms with Crippen LogP contribution in [0, 0.1) is 0 Å². The van der Waals surface area contributed by atoms with Gasteiger partial charge in [0.2, 0.25) is 5.91 Å². The molecule has 1 fully saturated rings. The Labute approximate surface area is 124 Å². The number of hydrogen-bond donors (Lipinski definition) is 2. The van der Waals surface area contributed by atoms with Gasteiger partial charge >= 0.3 is 12.0 Å². The standard InChI is InChI=1S/C13H24N4O4/c1-4-16(7-5-6-15(2)3)13(21)17-9-11(18)14-8-10(17)12(19)20/h10H,4-9H2,1-3H3,(H,14,18)(H,19,20). The van der Waals surface area contributed by atoms with Gasteiger partial charge in [-0.25, -0.2) is 9.59 Å². The Morgan fingerprint density at radius 3 is 2.57 bits per heavy atom. The van der Waals surface area contributed by atoms with Gasteiger partial charge in [0.05, 0.1) is 0 Å². The molecule has 2 N–H and O–H groups in total. The van der Waals surface area contributed by atoms with Gasteiger partial charge < -0.3 is 20.2 Å². The third-order valence-corrected chi connectivity index (χ3v) is 3.40. The van der Waals surface area contributed by atoms with E-state index in [4.69, 9.17) is 0 Å². The summed E-state index contributed by atoms with van der Waals surface area (Å²) in [7, 11) is 3.90. The number of carbonyl (C=O) groups excluding carboxylic acids is 2. The van der Waals surface area contributed by atoms with Crippen LogP contribution in [0.3, 0.4) is 0 Å². The number of rotatable bonds is 6. The Balaban J connectivity index is 2.70. The zero-order valence-electron chi connectivity index (χ0n) is 12.8. The van der Waals surface area contributed by atoms with Crippen LogP contribution in [0.1, 0.15) is 13.3 Å². The summed E-state index contributed by atoms with van der Waals surface area (Å²) < 4.78 is 0. The molecule has 0 radical (unpaired) electrons. The quantitative estimate of drug-likeness (QED) is 0.674. The van der Waals surface area contributed by atoms with Crippen molar-refractivity contribution < 1.29 is 19.5 Å². The molecule has 0 aliphatic carbocycles. The van der Waals surface area contributed by atoms with Crippen molar-refractivity contribution in [3.05, 3.63) is 0 Å². The topological polar surface area (TPSA) is 93.2 Å². The van der Waals surface area contributed by atoms with Gasteiger partial charge in [0, 0.05) is 19.6 Å². The molecule has 8 heteroatoms. The molecule has 120 valence electrons. The zero-order chi connectivity index (χ0) is 16.0. The lowest BCUT2D eigenvalue weighted by atomic mass is 10.2. The molecule has 0 aromatic rings. The number of nitrogens with zero attached hydrogens (tertiary/aromatic N) is 3. The van der Waals surface area contributed by atoms with Crippen molar-refractivity contribution in [2.45, 2.75) is 19.4 Å². The first-order valence-corrected chi connectivity index (χ1v) is 7.06. The van der Waals surface area contributed by atoms with Crippen LogP contribution in [0.2, 0.25) is 0 Å². The van der Waals surface area contributed by atoms with Gasteiger partial charge in [-0.3, -0.25) is 9.69 Å². The van der Waals surface area contributed by atoms with Crippen molar-refractivity contribution in [3.8, 4) is 0 Å². The number of amides is 3. The SMILES string of the molecule is CCN(CCCN(C)C)C(=O)N1CC(=O)NCC1C(=O)O. The molecule has 21 heavy (non-hydrogen) atoms. The molecule has 0 bridgehead atoms. The van der Waals surface area contributed by atoms with Gasteiger partial charge in [-0.15, -0.1) is 0 Å². The smallest absolute Gasteiger partial charge is 0.328 e. The van der Waals surface area contributed by atoms with Gasteiger partial charge in [-0.2, -0.15) is 0 Å². The van der Waals surface area contributed by atoms with Crippen molar-refractivity contribution >= 4 is 17.9 Å². The molecular weight excluding hydrogens is 276 g/mol. The molecule has 1 heterocycles. The van der Waals surface area contributed by atoms with E-state index >= 15 is 0 Å². The number of carbonyl (C=O) groups is 3. The molecule has 1 aliphatic heterocycles. The maximum absolute atomic E-state index is 12.5. The number of piperazine rings is 1. The zero-order valence-corrected chi connectivity index (χ0v) is 12.8. The Bertz CT molecular complexity index is 400. The average molecular weight is 300 g/mol. The van der Waals surface area contributed by atoms with E-state index in [1.54, 1.807) is 4.90 Å². The predicted molar refractivity (Wildman–Crippen MR) is 77.0 cm³/mol. The second-order valence-corrected chi connectivity index (χ2v) is 5.31. The monoisotopic (exact) mass is 300 g/mol. The summed E-state index contributed by atoms with van der Waals surface area (Å²) in [6, 6.07) is -1.39. The van der Waals surface area contributed by atoms with E-state index in [2.05, 4.69) is 5.32 Å². The van der Waals surface area contributed by atoms with Crippen molar-refractivity contribution in [1.82, 2.24) is 20.0 Å². The fourth-order valence-electron chi connectivity index (χ4n) is 2.21. The number of carboxylic acids is 1. The van der Waals surface area contributed by atoms with E-state index in [9.17, 15) is 19.5 Å². The van der Waals surface area contributed by atoms with Gasteiger partial charge in [-0.05, 0) is 34.0 Å². The van der Waals surface area contributed by atoms with Crippen LogP contribution < -0.4 is 5.32 Å². The summed E-state index contributed by atoms with van der Waals surface area (Å²) in [6.07, 6.45) is 0.796. The molecule has 1 aliphatic rings. The van der Waals surface area contributed by atoms with Crippen LogP contribution in [-0.4, -0.2) is 90.6 Å². The number of nitrogens with one attached hydrogen (secondary N) is 1. The molecule has 0 aromatic heterocycles. The van der Waals surface area contributed by atoms with E-state index in [0.717, 1.165) is 17.9 Å². The number of hydrogen-bond acceptors (Lipinski definition) is 4. The van der Waals surface area contributed by atoms with Crippen molar-refractivity contribution in [1.29, 1.82) is 0 Å². The van der Waals surface area contributed by atoms with Crippen LogP contribution in [0.25, 0.3) is 0 Å². The Hall–Kier alpha value is -1.83. The maximum atomic E-state index is 12.5. The van der Waals surface area contributed by atoms with E-state index in [0.29, 0.717) is 13.1 Å². The van der Waals surface area contributed by atoms with Crippen LogP contribution >= 0.6 is 0 Å². The second kappa shape index (κ2) is 7.82. The van der Waals surface area contributed by atoms with E-state index in [1.165, 1.54) is 0 Å². The van der Waals surface area contributed by atoms with Crippen LogP contribution in [0.5, 0.6) is 0 Å². The third kappa shape index (κ3) is 4.89. The second-order valence-electron chi connectivity index (χ2n) is 5.31. The molecule has 0 saturated carbocycles. The summed E-state index contributed by atoms with van der Waals surface area (Å²) in [5.74, 6) is -1.43. The first-order valence-electron chi connectivity index (χ1n) is 7.06. The lowest BCUT2D eigenvalue weighted by Gasteiger charge is -2.36. The maximum Gasteiger partial charge on any atom is 0.328 e. The minimum absolute atomic E-state index is 0.0465. The predicted octanol–water partition coefficient (Wildman–Crippen LogP) is -0.735. The minimum Gasteiger partial charge on any atom is -0.480 e. The lowest BCUT2D eigenvalue weighted by molar-refractivity contribution is -0.144. The van der Waals surface area contributed by atoms with Crippen molar-refractivity contribution in [2.75, 3.05) is 46.8 Å². The number of aliphatic carboxylic acids is 1. The Morgan fingerprint density at radius 1 is 1.38 bits per heavy atom. The minimum atomic E-state index is -1.10. The molecular formula is C13H24N4O4. The third-order valence-electron chi connectivity index (χ3n) is 3.40. The van der Waals surface area contributed by atoms with Crippen molar-refractivity contribution in [3.63, 3.8) is 0 Å². The van der Waals surface area contributed by atoms with Gasteiger partial charge in [0.25, 0.3) is 0 Å². The summed E-state index contributed by atoms with van der Waals surface area (Å²) in [4.78, 5) is 39.9. The molecule has 1 saturated heterocycles. The molecule has 3 amide bonds. The van der Waals surface area contributed by atoms with E-state index in [-0.39, 0.29) is 19.0 Å². The van der Waals surface area contributed by atoms with Crippen molar-refractivity contribution in [2.24, 2.45) is 0 Å². The highest BCUT2D eigenvalue weighted by Gasteiger charge is 2.36. The van der Waals surface area contributed by atoms with Crippen LogP contribution in [-0.2, 0) is 9.59 Å². The Morgan fingerprint density at radius 2 is 2.05 bits per heavy atom. The molecule has 0 spiro atoms. The summed E-state index contributed by atoms with van der Waals surface area (Å²) in [6.45, 7) is 3.45. The first kappa shape index (κ1) is 17.2. The lowest BCUT2D eigenvalue weighted by Crippen LogP contribution is -2.61. The average Bonchev–Trinajstić information content (AvgIpc) is 2.42. The van der Waals surface area contributed by atoms with Crippen LogP contribution in [0.15, 0.2) is 0 Å². The first-order chi connectivity index (χ1) is 9.86. The Kier molecular flexibility index (Phi) is 6.41. The summed E-state index contributed by atoms with van der Waals surface area (Å²) >= 11 is 0. The highest BCUT2D eigenvalue weighted by molar-refractivity contribution is 5.90. The number of carboxylic acid groups (broad SMARTS) is 1. The summed E-state index contributed by atoms with van der Waals surface area (Å²) in [5.41, 5.74) is 0. The molecule has 1 atom stereocenters. The fraction of sp³-hybridized carbons (Fsp3) is 0.769.